The molecule has 4 rings (SSSR count). The monoisotopic (exact) mass is 488 g/mol. The predicted octanol–water partition coefficient (Wildman–Crippen LogP) is 5.87. The van der Waals surface area contributed by atoms with E-state index in [1.165, 1.54) is 18.3 Å². The standard InChI is InChI=1S/C26H28N6O2S/c1-6-18(7-2)34-19-10-15(3)24(16(4)11-19)21-12-20(23-14-29-26(35-23)30-17(5)33)31-25(32-21)22-13-27-8-9-28-22/h8-14,18H,6-7H2,1-5H3,(H,29,30,33). The smallest absolute Gasteiger partial charge is 0.223 e. The third-order valence-electron chi connectivity index (χ3n) is 5.54. The second-order valence-electron chi connectivity index (χ2n) is 8.25. The summed E-state index contributed by atoms with van der Waals surface area (Å²) in [4.78, 5) is 34.8. The van der Waals surface area contributed by atoms with Crippen LogP contribution in [0.15, 0.2) is 43.0 Å². The van der Waals surface area contributed by atoms with Crippen LogP contribution in [0.5, 0.6) is 5.75 Å². The molecule has 9 heteroatoms. The van der Waals surface area contributed by atoms with E-state index < -0.39 is 0 Å². The van der Waals surface area contributed by atoms with Gasteiger partial charge in [-0.1, -0.05) is 25.2 Å². The number of rotatable bonds is 8. The molecule has 0 radical (unpaired) electrons. The minimum atomic E-state index is -0.170. The van der Waals surface area contributed by atoms with Gasteiger partial charge in [0.1, 0.15) is 11.4 Å². The number of ether oxygens (including phenoxy) is 1. The number of aryl methyl sites for hydroxylation is 2. The molecule has 1 aromatic carbocycles. The molecule has 3 heterocycles. The molecule has 3 aromatic heterocycles. The van der Waals surface area contributed by atoms with Crippen molar-refractivity contribution in [1.82, 2.24) is 24.9 Å². The number of hydrogen-bond acceptors (Lipinski definition) is 8. The number of benzene rings is 1. The summed E-state index contributed by atoms with van der Waals surface area (Å²) in [6.07, 6.45) is 8.69. The molecule has 0 unspecified atom stereocenters. The van der Waals surface area contributed by atoms with E-state index in [1.807, 2.05) is 6.07 Å². The predicted molar refractivity (Wildman–Crippen MR) is 138 cm³/mol. The van der Waals surface area contributed by atoms with Crippen LogP contribution in [-0.2, 0) is 4.79 Å². The largest absolute Gasteiger partial charge is 0.490 e. The fourth-order valence-corrected chi connectivity index (χ4v) is 4.70. The van der Waals surface area contributed by atoms with E-state index in [9.17, 15) is 4.79 Å². The minimum absolute atomic E-state index is 0.170. The molecule has 0 aliphatic carbocycles. The van der Waals surface area contributed by atoms with Crippen LogP contribution in [0.4, 0.5) is 5.13 Å². The number of carbonyl (C=O) groups is 1. The SMILES string of the molecule is CCC(CC)Oc1cc(C)c(-c2cc(-c3cnc(NC(C)=O)s3)nc(-c3cnccn3)n2)c(C)c1. The van der Waals surface area contributed by atoms with E-state index in [4.69, 9.17) is 14.7 Å². The zero-order valence-corrected chi connectivity index (χ0v) is 21.3. The van der Waals surface area contributed by atoms with E-state index in [2.05, 4.69) is 60.1 Å². The van der Waals surface area contributed by atoms with Crippen LogP contribution in [0.1, 0.15) is 44.7 Å². The van der Waals surface area contributed by atoms with Crippen molar-refractivity contribution in [3.05, 3.63) is 54.1 Å². The molecule has 0 aliphatic heterocycles. The lowest BCUT2D eigenvalue weighted by molar-refractivity contribution is -0.114. The van der Waals surface area contributed by atoms with Crippen LogP contribution >= 0.6 is 11.3 Å². The normalized spacial score (nSPS) is 11.0. The van der Waals surface area contributed by atoms with Gasteiger partial charge in [0.15, 0.2) is 11.0 Å². The van der Waals surface area contributed by atoms with Crippen molar-refractivity contribution >= 4 is 22.4 Å². The number of hydrogen-bond donors (Lipinski definition) is 1. The molecule has 8 nitrogen and oxygen atoms in total. The van der Waals surface area contributed by atoms with Crippen LogP contribution < -0.4 is 10.1 Å². The fraction of sp³-hybridized carbons (Fsp3) is 0.308. The Hall–Kier alpha value is -3.72. The van der Waals surface area contributed by atoms with Gasteiger partial charge in [0.05, 0.1) is 28.6 Å². The Labute approximate surface area is 208 Å². The molecule has 4 aromatic rings. The molecule has 0 saturated carbocycles. The molecule has 0 bridgehead atoms. The number of nitrogens with one attached hydrogen (secondary N) is 1. The lowest BCUT2D eigenvalue weighted by atomic mass is 9.98. The molecule has 180 valence electrons. The molecule has 1 N–H and O–H groups in total. The third kappa shape index (κ3) is 5.68. The van der Waals surface area contributed by atoms with E-state index in [0.717, 1.165) is 45.9 Å². The molecule has 1 amide bonds. The number of amides is 1. The van der Waals surface area contributed by atoms with Crippen molar-refractivity contribution in [3.8, 4) is 39.1 Å². The van der Waals surface area contributed by atoms with Gasteiger partial charge in [-0.25, -0.2) is 19.9 Å². The first kappa shape index (κ1) is 24.4. The van der Waals surface area contributed by atoms with Gasteiger partial charge < -0.3 is 10.1 Å². The van der Waals surface area contributed by atoms with E-state index >= 15 is 0 Å². The average molecular weight is 489 g/mol. The van der Waals surface area contributed by atoms with Crippen molar-refractivity contribution in [3.63, 3.8) is 0 Å². The summed E-state index contributed by atoms with van der Waals surface area (Å²) in [7, 11) is 0. The molecule has 0 saturated heterocycles. The Morgan fingerprint density at radius 3 is 2.31 bits per heavy atom. The Morgan fingerprint density at radius 2 is 1.69 bits per heavy atom. The van der Waals surface area contributed by atoms with Gasteiger partial charge in [-0.05, 0) is 56.0 Å². The van der Waals surface area contributed by atoms with Crippen LogP contribution in [0.25, 0.3) is 33.3 Å². The summed E-state index contributed by atoms with van der Waals surface area (Å²) in [5.74, 6) is 1.16. The van der Waals surface area contributed by atoms with E-state index in [-0.39, 0.29) is 12.0 Å². The zero-order chi connectivity index (χ0) is 24.9. The van der Waals surface area contributed by atoms with Gasteiger partial charge in [0.2, 0.25) is 5.91 Å². The topological polar surface area (TPSA) is 103 Å². The third-order valence-corrected chi connectivity index (χ3v) is 6.47. The highest BCUT2D eigenvalue weighted by Gasteiger charge is 2.17. The lowest BCUT2D eigenvalue weighted by Gasteiger charge is -2.19. The van der Waals surface area contributed by atoms with Gasteiger partial charge in [0.25, 0.3) is 0 Å². The molecule has 0 spiro atoms. The van der Waals surface area contributed by atoms with Crippen molar-refractivity contribution < 1.29 is 9.53 Å². The fourth-order valence-electron chi connectivity index (χ4n) is 3.88. The summed E-state index contributed by atoms with van der Waals surface area (Å²) in [6, 6.07) is 6.07. The van der Waals surface area contributed by atoms with Crippen molar-refractivity contribution in [1.29, 1.82) is 0 Å². The van der Waals surface area contributed by atoms with Crippen molar-refractivity contribution in [2.75, 3.05) is 5.32 Å². The number of anilines is 1. The van der Waals surface area contributed by atoms with Gasteiger partial charge in [-0.2, -0.15) is 0 Å². The highest BCUT2D eigenvalue weighted by atomic mass is 32.1. The highest BCUT2D eigenvalue weighted by molar-refractivity contribution is 7.19. The Morgan fingerprint density at radius 1 is 0.971 bits per heavy atom. The summed E-state index contributed by atoms with van der Waals surface area (Å²) in [5, 5.41) is 3.24. The summed E-state index contributed by atoms with van der Waals surface area (Å²) < 4.78 is 6.19. The van der Waals surface area contributed by atoms with Crippen LogP contribution in [0.2, 0.25) is 0 Å². The van der Waals surface area contributed by atoms with E-state index in [0.29, 0.717) is 22.3 Å². The number of aromatic nitrogens is 5. The maximum atomic E-state index is 11.4. The molecule has 35 heavy (non-hydrogen) atoms. The van der Waals surface area contributed by atoms with E-state index in [1.54, 1.807) is 24.8 Å². The molecule has 0 fully saturated rings. The maximum absolute atomic E-state index is 11.4. The van der Waals surface area contributed by atoms with Crippen LogP contribution in [-0.4, -0.2) is 36.9 Å². The van der Waals surface area contributed by atoms with Crippen molar-refractivity contribution in [2.24, 2.45) is 0 Å². The average Bonchev–Trinajstić information content (AvgIpc) is 3.30. The van der Waals surface area contributed by atoms with Gasteiger partial charge in [0, 0.05) is 31.1 Å². The molecule has 0 aliphatic rings. The molecular weight excluding hydrogens is 460 g/mol. The minimum Gasteiger partial charge on any atom is -0.490 e. The van der Waals surface area contributed by atoms with Gasteiger partial charge >= 0.3 is 0 Å². The summed E-state index contributed by atoms with van der Waals surface area (Å²) in [6.45, 7) is 9.85. The summed E-state index contributed by atoms with van der Waals surface area (Å²) in [5.41, 5.74) is 5.18. The number of thiazole rings is 1. The Balaban J connectivity index is 1.82. The highest BCUT2D eigenvalue weighted by Crippen LogP contribution is 2.35. The Kier molecular flexibility index (Phi) is 7.45. The number of carbonyl (C=O) groups excluding carboxylic acids is 1. The molecule has 0 atom stereocenters. The number of nitrogens with zero attached hydrogens (tertiary/aromatic N) is 5. The van der Waals surface area contributed by atoms with Gasteiger partial charge in [-0.3, -0.25) is 9.78 Å². The van der Waals surface area contributed by atoms with Crippen LogP contribution in [0, 0.1) is 13.8 Å². The van der Waals surface area contributed by atoms with Gasteiger partial charge in [-0.15, -0.1) is 0 Å². The first-order valence-electron chi connectivity index (χ1n) is 11.6. The molecular formula is C26H28N6O2S. The second kappa shape index (κ2) is 10.7. The quantitative estimate of drug-likeness (QED) is 0.331. The van der Waals surface area contributed by atoms with Crippen LogP contribution in [0.3, 0.4) is 0 Å². The Bertz CT molecular complexity index is 1310. The summed E-state index contributed by atoms with van der Waals surface area (Å²) >= 11 is 1.36. The first-order valence-corrected chi connectivity index (χ1v) is 12.4. The maximum Gasteiger partial charge on any atom is 0.223 e. The second-order valence-corrected chi connectivity index (χ2v) is 9.28. The zero-order valence-electron chi connectivity index (χ0n) is 20.5. The lowest BCUT2D eigenvalue weighted by Crippen LogP contribution is -2.13. The first-order chi connectivity index (χ1) is 16.9. The van der Waals surface area contributed by atoms with Crippen molar-refractivity contribution in [2.45, 2.75) is 53.6 Å².